The molecule has 5 aliphatic rings. The van der Waals surface area contributed by atoms with Gasteiger partial charge in [-0.05, 0) is 99.1 Å². The molecule has 0 saturated heterocycles. The van der Waals surface area contributed by atoms with Gasteiger partial charge in [-0.2, -0.15) is 0 Å². The van der Waals surface area contributed by atoms with E-state index < -0.39 is 72.1 Å². The summed E-state index contributed by atoms with van der Waals surface area (Å²) in [6.07, 6.45) is 8.59. The Balaban J connectivity index is 0.728. The first-order valence-electron chi connectivity index (χ1n) is 27.1. The maximum absolute atomic E-state index is 15.5. The summed E-state index contributed by atoms with van der Waals surface area (Å²) in [6, 6.07) is 8.83. The highest BCUT2D eigenvalue weighted by atomic mass is 19.1. The molecule has 1 saturated carbocycles. The monoisotopic (exact) mass is 1100 g/mol. The number of nitrogens with zero attached hydrogens (tertiary/aromatic N) is 3. The molecule has 2 aliphatic heterocycles. The maximum atomic E-state index is 15.5. The lowest BCUT2D eigenvalue weighted by atomic mass is 9.77. The Morgan fingerprint density at radius 1 is 0.875 bits per heavy atom. The highest BCUT2D eigenvalue weighted by Gasteiger charge is 2.45. The molecule has 23 heteroatoms. The lowest BCUT2D eigenvalue weighted by molar-refractivity contribution is -0.172. The number of ether oxygens (including phenoxy) is 2. The van der Waals surface area contributed by atoms with Crippen molar-refractivity contribution in [2.45, 2.75) is 127 Å². The first kappa shape index (κ1) is 56.5. The molecule has 1 fully saturated rings. The zero-order valence-electron chi connectivity index (χ0n) is 44.5. The van der Waals surface area contributed by atoms with Gasteiger partial charge < -0.3 is 46.5 Å². The number of allylic oxidation sites excluding steroid dienone is 2. The molecule has 0 radical (unpaired) electrons. The SMILES string of the molecule is CC[C@@]1(O)C(=O)OCc2c1cc1c3nc4c5c(c3cn1c2=O)[C@@H](NC(=O)C1CCC(OCNC(=O)CNC(=O)[C@H](Cc2ccccc2)NC(=O)CNC(=O)CNC(=O)CCCCCN2C(=O)C=CC2=O)CC1)CCC5=C(C)C(F)C=4. The number of pyridine rings is 2. The van der Waals surface area contributed by atoms with Crippen LogP contribution in [0.5, 0.6) is 0 Å². The third-order valence-corrected chi connectivity index (χ3v) is 15.7. The maximum Gasteiger partial charge on any atom is 0.343 e. The lowest BCUT2D eigenvalue weighted by Crippen LogP contribution is -2.52. The number of cyclic esters (lactones) is 1. The van der Waals surface area contributed by atoms with Gasteiger partial charge >= 0.3 is 5.97 Å². The number of fused-ring (bicyclic) bond motifs is 5. The van der Waals surface area contributed by atoms with Gasteiger partial charge in [0.15, 0.2) is 5.60 Å². The molecule has 1 aromatic carbocycles. The Labute approximate surface area is 458 Å². The van der Waals surface area contributed by atoms with Gasteiger partial charge in [0.2, 0.25) is 35.4 Å². The zero-order valence-corrected chi connectivity index (χ0v) is 44.5. The summed E-state index contributed by atoms with van der Waals surface area (Å²) in [5, 5.41) is 28.3. The number of amides is 8. The van der Waals surface area contributed by atoms with Crippen molar-refractivity contribution >= 4 is 81.3 Å². The van der Waals surface area contributed by atoms with Gasteiger partial charge in [0.05, 0.1) is 53.7 Å². The Morgan fingerprint density at radius 3 is 2.31 bits per heavy atom. The number of rotatable bonds is 22. The molecule has 1 unspecified atom stereocenters. The molecule has 3 aliphatic carbocycles. The first-order chi connectivity index (χ1) is 38.4. The molecule has 5 heterocycles. The minimum atomic E-state index is -2.03. The molecule has 7 N–H and O–H groups in total. The number of aromatic nitrogens is 2. The second-order valence-corrected chi connectivity index (χ2v) is 20.8. The third kappa shape index (κ3) is 12.2. The number of carbonyl (C=O) groups is 9. The Morgan fingerprint density at radius 2 is 1.57 bits per heavy atom. The van der Waals surface area contributed by atoms with E-state index in [0.29, 0.717) is 85.1 Å². The number of imide groups is 1. The van der Waals surface area contributed by atoms with Crippen LogP contribution < -0.4 is 42.8 Å². The lowest BCUT2D eigenvalue weighted by Gasteiger charge is -2.34. The average Bonchev–Trinajstić information content (AvgIpc) is 4.07. The summed E-state index contributed by atoms with van der Waals surface area (Å²) in [7, 11) is 0. The number of hydrogen-bond donors (Lipinski definition) is 7. The van der Waals surface area contributed by atoms with E-state index in [9.17, 15) is 53.1 Å². The Kier molecular flexibility index (Phi) is 17.3. The van der Waals surface area contributed by atoms with Crippen LogP contribution in [0, 0.1) is 5.92 Å². The fourth-order valence-corrected chi connectivity index (χ4v) is 11.2. The Bertz CT molecular complexity index is 3340. The van der Waals surface area contributed by atoms with Crippen molar-refractivity contribution in [3.8, 4) is 0 Å². The molecule has 80 heavy (non-hydrogen) atoms. The summed E-state index contributed by atoms with van der Waals surface area (Å²) in [5.41, 5.74) is 2.03. The van der Waals surface area contributed by atoms with E-state index in [1.54, 1.807) is 56.4 Å². The second-order valence-electron chi connectivity index (χ2n) is 20.8. The summed E-state index contributed by atoms with van der Waals surface area (Å²) >= 11 is 0. The van der Waals surface area contributed by atoms with Crippen LogP contribution in [-0.4, -0.2) is 124 Å². The molecule has 0 spiro atoms. The van der Waals surface area contributed by atoms with Crippen LogP contribution in [0.4, 0.5) is 4.39 Å². The number of carbonyl (C=O) groups excluding carboxylic acids is 9. The highest BCUT2D eigenvalue weighted by Crippen LogP contribution is 2.44. The van der Waals surface area contributed by atoms with Crippen LogP contribution in [-0.2, 0) is 71.3 Å². The van der Waals surface area contributed by atoms with E-state index in [-0.39, 0.29) is 92.5 Å². The predicted octanol–water partition coefficient (Wildman–Crippen LogP) is 1.29. The van der Waals surface area contributed by atoms with Crippen LogP contribution in [0.25, 0.3) is 28.1 Å². The largest absolute Gasteiger partial charge is 0.458 e. The standard InChI is InChI=1S/C57H64FN9O13/c1-3-57(78)38-23-43-52-36(28-67(43)55(76)37(38)29-79-56(57)77)51-40(18-17-35-31(2)39(58)24-41(64-52)50(35)51)65-53(74)33-13-15-34(16-14-33)80-30-62-46(70)26-61-54(75)42(22-32-10-6-4-7-11-32)63-47(71)27-60-45(69)25-59-44(68)12-8-5-9-21-66-48(72)19-20-49(66)73/h4,6-7,10-11,19-20,23-24,28,33-34,39-40,42,78H,3,5,8-9,12-18,21-22,25-27,29-30H2,1-2H3,(H,59,68)(H,60,69)(H,61,75)(H,62,70)(H,63,71)(H,65,74)/t33?,34?,39?,40-,42-,57-/m0/s1. The van der Waals surface area contributed by atoms with Crippen molar-refractivity contribution in [3.05, 3.63) is 104 Å². The molecule has 8 amide bonds. The van der Waals surface area contributed by atoms with Crippen molar-refractivity contribution in [2.75, 3.05) is 32.9 Å². The van der Waals surface area contributed by atoms with Gasteiger partial charge in [0, 0.05) is 60.2 Å². The van der Waals surface area contributed by atoms with E-state index >= 15 is 4.39 Å². The van der Waals surface area contributed by atoms with Crippen molar-refractivity contribution in [2.24, 2.45) is 5.92 Å². The minimum Gasteiger partial charge on any atom is -0.458 e. The van der Waals surface area contributed by atoms with Crippen molar-refractivity contribution in [1.82, 2.24) is 46.2 Å². The Hall–Kier alpha value is -8.18. The number of aliphatic hydroxyl groups is 1. The summed E-state index contributed by atoms with van der Waals surface area (Å²) < 4.78 is 28.2. The molecule has 3 aromatic heterocycles. The number of nitrogens with one attached hydrogen (secondary N) is 6. The second kappa shape index (κ2) is 24.5. The van der Waals surface area contributed by atoms with E-state index in [0.717, 1.165) is 27.2 Å². The number of halogens is 1. The smallest absolute Gasteiger partial charge is 0.343 e. The summed E-state index contributed by atoms with van der Waals surface area (Å²) in [6.45, 7) is 1.83. The summed E-state index contributed by atoms with van der Waals surface area (Å²) in [4.78, 5) is 134. The molecule has 422 valence electrons. The fraction of sp³-hybridized carbons (Fsp3) is 0.456. The van der Waals surface area contributed by atoms with Gasteiger partial charge in [-0.15, -0.1) is 0 Å². The molecule has 4 aromatic rings. The third-order valence-electron chi connectivity index (χ3n) is 15.7. The summed E-state index contributed by atoms with van der Waals surface area (Å²) in [5.74, 6) is -5.03. The van der Waals surface area contributed by atoms with Gasteiger partial charge in [-0.25, -0.2) is 14.2 Å². The van der Waals surface area contributed by atoms with E-state index in [2.05, 4.69) is 31.9 Å². The van der Waals surface area contributed by atoms with Crippen molar-refractivity contribution in [3.63, 3.8) is 0 Å². The topological polar surface area (TPSA) is 302 Å². The molecule has 4 atom stereocenters. The number of unbranched alkanes of at least 4 members (excludes halogenated alkanes) is 2. The van der Waals surface area contributed by atoms with Gasteiger partial charge in [0.1, 0.15) is 25.6 Å². The van der Waals surface area contributed by atoms with Crippen molar-refractivity contribution < 1.29 is 62.1 Å². The molecular weight excluding hydrogens is 1040 g/mol. The highest BCUT2D eigenvalue weighted by molar-refractivity contribution is 6.13. The first-order valence-corrected chi connectivity index (χ1v) is 27.1. The van der Waals surface area contributed by atoms with Gasteiger partial charge in [-0.3, -0.25) is 52.5 Å². The molecule has 0 bridgehead atoms. The fourth-order valence-electron chi connectivity index (χ4n) is 11.2. The van der Waals surface area contributed by atoms with Crippen LogP contribution in [0.3, 0.4) is 0 Å². The molecule has 9 rings (SSSR count). The van der Waals surface area contributed by atoms with Crippen LogP contribution >= 0.6 is 0 Å². The number of esters is 1. The molecular formula is C57H64FN9O13. The molecule has 22 nitrogen and oxygen atoms in total. The quantitative estimate of drug-likeness (QED) is 0.0253. The van der Waals surface area contributed by atoms with Crippen LogP contribution in [0.15, 0.2) is 65.1 Å². The van der Waals surface area contributed by atoms with Crippen molar-refractivity contribution in [1.29, 1.82) is 0 Å². The van der Waals surface area contributed by atoms with Crippen LogP contribution in [0.1, 0.15) is 118 Å². The van der Waals surface area contributed by atoms with Gasteiger partial charge in [-0.1, -0.05) is 43.7 Å². The van der Waals surface area contributed by atoms with E-state index in [1.807, 2.05) is 0 Å². The minimum absolute atomic E-state index is 0.0314. The predicted molar refractivity (Wildman–Crippen MR) is 286 cm³/mol. The van der Waals surface area contributed by atoms with Crippen LogP contribution in [0.2, 0.25) is 0 Å². The van der Waals surface area contributed by atoms with Gasteiger partial charge in [0.25, 0.3) is 17.4 Å². The number of alkyl halides is 1. The average molecular weight is 1100 g/mol. The van der Waals surface area contributed by atoms with E-state index in [1.165, 1.54) is 22.6 Å². The number of hydrogen-bond acceptors (Lipinski definition) is 14. The zero-order chi connectivity index (χ0) is 56.8. The number of benzene rings is 1. The normalized spacial score (nSPS) is 21.5. The van der Waals surface area contributed by atoms with E-state index in [4.69, 9.17) is 14.5 Å².